The maximum Gasteiger partial charge on any atom is 0.346 e. The molecule has 0 saturated heterocycles. The highest BCUT2D eigenvalue weighted by molar-refractivity contribution is 5.97. The van der Waals surface area contributed by atoms with Crippen LogP contribution in [0.4, 0.5) is 5.69 Å². The molecule has 1 aromatic heterocycles. The molecule has 2 aromatic rings. The zero-order valence-electron chi connectivity index (χ0n) is 11.8. The Bertz CT molecular complexity index is 776. The number of nitro benzene ring substituents is 1. The maximum absolute atomic E-state index is 11.9. The standard InChI is InChI=1S/C13H13N3O6/c1-3-22-13(18)10-11(14-15-12(10)17)8-5-4-7(21-2)6-9(8)16(19)20/h4-6H,3H2,1-2H3,(H2,14,15,17). The van der Waals surface area contributed by atoms with Crippen LogP contribution in [0.2, 0.25) is 0 Å². The summed E-state index contributed by atoms with van der Waals surface area (Å²) in [4.78, 5) is 34.2. The van der Waals surface area contributed by atoms with Crippen molar-refractivity contribution in [1.29, 1.82) is 0 Å². The molecule has 0 atom stereocenters. The van der Waals surface area contributed by atoms with Crippen molar-refractivity contribution < 1.29 is 19.2 Å². The quantitative estimate of drug-likeness (QED) is 0.489. The summed E-state index contributed by atoms with van der Waals surface area (Å²) in [5.74, 6) is -0.573. The predicted octanol–water partition coefficient (Wildman–Crippen LogP) is 1.46. The molecule has 0 fully saturated rings. The highest BCUT2D eigenvalue weighted by Crippen LogP contribution is 2.33. The van der Waals surface area contributed by atoms with Gasteiger partial charge in [0.25, 0.3) is 11.2 Å². The van der Waals surface area contributed by atoms with Gasteiger partial charge in [-0.3, -0.25) is 25.1 Å². The normalized spacial score (nSPS) is 10.3. The number of hydrogen-bond donors (Lipinski definition) is 2. The van der Waals surface area contributed by atoms with E-state index in [1.165, 1.54) is 25.3 Å². The molecule has 9 nitrogen and oxygen atoms in total. The minimum atomic E-state index is -0.856. The lowest BCUT2D eigenvalue weighted by Gasteiger charge is -2.06. The van der Waals surface area contributed by atoms with Crippen LogP contribution in [0.3, 0.4) is 0 Å². The molecule has 0 saturated carbocycles. The summed E-state index contributed by atoms with van der Waals surface area (Å²) >= 11 is 0. The predicted molar refractivity (Wildman–Crippen MR) is 76.0 cm³/mol. The van der Waals surface area contributed by atoms with Gasteiger partial charge in [-0.2, -0.15) is 0 Å². The lowest BCUT2D eigenvalue weighted by molar-refractivity contribution is -0.384. The molecular formula is C13H13N3O6. The van der Waals surface area contributed by atoms with E-state index in [4.69, 9.17) is 9.47 Å². The van der Waals surface area contributed by atoms with E-state index >= 15 is 0 Å². The van der Waals surface area contributed by atoms with E-state index in [0.29, 0.717) is 0 Å². The first-order valence-corrected chi connectivity index (χ1v) is 6.30. The van der Waals surface area contributed by atoms with E-state index in [1.54, 1.807) is 6.92 Å². The van der Waals surface area contributed by atoms with E-state index in [2.05, 4.69) is 10.2 Å². The van der Waals surface area contributed by atoms with Crippen LogP contribution in [0.5, 0.6) is 5.75 Å². The lowest BCUT2D eigenvalue weighted by atomic mass is 10.1. The zero-order chi connectivity index (χ0) is 16.3. The van der Waals surface area contributed by atoms with Gasteiger partial charge in [-0.05, 0) is 19.1 Å². The first-order valence-electron chi connectivity index (χ1n) is 6.30. The fraction of sp³-hybridized carbons (Fsp3) is 0.231. The molecule has 2 rings (SSSR count). The number of benzene rings is 1. The van der Waals surface area contributed by atoms with Gasteiger partial charge in [0.05, 0.1) is 36.0 Å². The van der Waals surface area contributed by atoms with Crippen LogP contribution in [0, 0.1) is 10.1 Å². The minimum absolute atomic E-state index is 0.00203. The summed E-state index contributed by atoms with van der Waals surface area (Å²) in [5.41, 5.74) is -1.25. The van der Waals surface area contributed by atoms with Crippen molar-refractivity contribution in [2.45, 2.75) is 6.92 Å². The van der Waals surface area contributed by atoms with Crippen molar-refractivity contribution >= 4 is 11.7 Å². The molecule has 0 amide bonds. The van der Waals surface area contributed by atoms with E-state index in [-0.39, 0.29) is 34.9 Å². The van der Waals surface area contributed by atoms with Crippen molar-refractivity contribution in [2.75, 3.05) is 13.7 Å². The topological polar surface area (TPSA) is 127 Å². The Morgan fingerprint density at radius 3 is 2.68 bits per heavy atom. The van der Waals surface area contributed by atoms with Gasteiger partial charge >= 0.3 is 5.97 Å². The van der Waals surface area contributed by atoms with Crippen molar-refractivity contribution in [3.8, 4) is 17.0 Å². The van der Waals surface area contributed by atoms with Crippen molar-refractivity contribution in [2.24, 2.45) is 0 Å². The fourth-order valence-corrected chi connectivity index (χ4v) is 1.96. The number of nitro groups is 1. The van der Waals surface area contributed by atoms with Gasteiger partial charge in [-0.1, -0.05) is 0 Å². The van der Waals surface area contributed by atoms with Crippen LogP contribution in [0.15, 0.2) is 23.0 Å². The number of hydrogen-bond acceptors (Lipinski definition) is 6. The fourth-order valence-electron chi connectivity index (χ4n) is 1.96. The zero-order valence-corrected chi connectivity index (χ0v) is 11.8. The number of carbonyl (C=O) groups excluding carboxylic acids is 1. The van der Waals surface area contributed by atoms with Gasteiger partial charge in [0.2, 0.25) is 0 Å². The first-order chi connectivity index (χ1) is 10.5. The van der Waals surface area contributed by atoms with Crippen LogP contribution < -0.4 is 10.3 Å². The number of nitrogens with zero attached hydrogens (tertiary/aromatic N) is 1. The molecule has 0 spiro atoms. The summed E-state index contributed by atoms with van der Waals surface area (Å²) in [5, 5.41) is 15.9. The van der Waals surface area contributed by atoms with Crippen LogP contribution in [-0.2, 0) is 4.74 Å². The average Bonchev–Trinajstić information content (AvgIpc) is 2.88. The molecule has 0 bridgehead atoms. The second kappa shape index (κ2) is 6.12. The van der Waals surface area contributed by atoms with Gasteiger partial charge in [0.15, 0.2) is 5.56 Å². The number of methoxy groups -OCH3 is 1. The number of aromatic amines is 2. The number of rotatable bonds is 5. The van der Waals surface area contributed by atoms with Crippen LogP contribution >= 0.6 is 0 Å². The highest BCUT2D eigenvalue weighted by Gasteiger charge is 2.26. The minimum Gasteiger partial charge on any atom is -0.497 e. The highest BCUT2D eigenvalue weighted by atomic mass is 16.6. The largest absolute Gasteiger partial charge is 0.497 e. The summed E-state index contributed by atoms with van der Waals surface area (Å²) in [6.45, 7) is 1.67. The molecular weight excluding hydrogens is 294 g/mol. The summed E-state index contributed by atoms with van der Waals surface area (Å²) < 4.78 is 9.74. The number of aromatic nitrogens is 2. The molecule has 2 N–H and O–H groups in total. The Labute approximate surface area is 124 Å². The average molecular weight is 307 g/mol. The van der Waals surface area contributed by atoms with E-state index in [1.807, 2.05) is 0 Å². The second-order valence-electron chi connectivity index (χ2n) is 4.19. The van der Waals surface area contributed by atoms with Gasteiger partial charge in [0.1, 0.15) is 5.75 Å². The molecule has 0 aliphatic heterocycles. The number of carbonyl (C=O) groups is 1. The summed E-state index contributed by atoms with van der Waals surface area (Å²) in [7, 11) is 1.38. The molecule has 1 heterocycles. The van der Waals surface area contributed by atoms with E-state index in [9.17, 15) is 19.7 Å². The maximum atomic E-state index is 11.9. The molecule has 0 aliphatic carbocycles. The second-order valence-corrected chi connectivity index (χ2v) is 4.19. The number of nitrogens with one attached hydrogen (secondary N) is 2. The van der Waals surface area contributed by atoms with Crippen LogP contribution in [-0.4, -0.2) is 34.8 Å². The Morgan fingerprint density at radius 2 is 2.09 bits per heavy atom. The van der Waals surface area contributed by atoms with E-state index < -0.39 is 16.5 Å². The van der Waals surface area contributed by atoms with Crippen LogP contribution in [0.1, 0.15) is 17.3 Å². The van der Waals surface area contributed by atoms with Gasteiger partial charge in [-0.15, -0.1) is 0 Å². The van der Waals surface area contributed by atoms with Gasteiger partial charge in [-0.25, -0.2) is 4.79 Å². The monoisotopic (exact) mass is 307 g/mol. The van der Waals surface area contributed by atoms with Crippen molar-refractivity contribution in [3.63, 3.8) is 0 Å². The van der Waals surface area contributed by atoms with E-state index in [0.717, 1.165) is 0 Å². The first kappa shape index (κ1) is 15.3. The number of esters is 1. The van der Waals surface area contributed by atoms with Gasteiger partial charge < -0.3 is 9.47 Å². The number of ether oxygens (including phenoxy) is 2. The molecule has 0 radical (unpaired) electrons. The molecule has 0 aliphatic rings. The smallest absolute Gasteiger partial charge is 0.346 e. The van der Waals surface area contributed by atoms with Crippen molar-refractivity contribution in [3.05, 3.63) is 44.2 Å². The third-order valence-electron chi connectivity index (χ3n) is 2.93. The third-order valence-corrected chi connectivity index (χ3v) is 2.93. The Morgan fingerprint density at radius 1 is 1.36 bits per heavy atom. The summed E-state index contributed by atoms with van der Waals surface area (Å²) in [6, 6.07) is 4.08. The van der Waals surface area contributed by atoms with Gasteiger partial charge in [0, 0.05) is 0 Å². The molecule has 22 heavy (non-hydrogen) atoms. The number of H-pyrrole nitrogens is 2. The Kier molecular flexibility index (Phi) is 4.25. The summed E-state index contributed by atoms with van der Waals surface area (Å²) in [6.07, 6.45) is 0. The SMILES string of the molecule is CCOC(=O)c1c(-c2ccc(OC)cc2[N+](=O)[O-])[nH][nH]c1=O. The lowest BCUT2D eigenvalue weighted by Crippen LogP contribution is -2.16. The Hall–Kier alpha value is -3.10. The molecule has 1 aromatic carbocycles. The molecule has 116 valence electrons. The third kappa shape index (κ3) is 2.68. The molecule has 0 unspecified atom stereocenters. The van der Waals surface area contributed by atoms with Crippen LogP contribution in [0.25, 0.3) is 11.3 Å². The van der Waals surface area contributed by atoms with Crippen molar-refractivity contribution in [1.82, 2.24) is 10.2 Å². The Balaban J connectivity index is 2.65. The molecule has 9 heteroatoms.